The minimum absolute atomic E-state index is 0.184. The van der Waals surface area contributed by atoms with Crippen LogP contribution in [0, 0.1) is 6.07 Å². The molecule has 0 atom stereocenters. The van der Waals surface area contributed by atoms with Crippen LogP contribution in [0.25, 0.3) is 0 Å². The summed E-state index contributed by atoms with van der Waals surface area (Å²) in [6.45, 7) is 7.19. The lowest BCUT2D eigenvalue weighted by molar-refractivity contribution is 0.582. The summed E-state index contributed by atoms with van der Waals surface area (Å²) in [5.74, 6) is 0. The molecule has 1 aromatic rings. The van der Waals surface area contributed by atoms with Crippen LogP contribution in [0.3, 0.4) is 0 Å². The normalized spacial score (nSPS) is 11.7. The number of hydrogen-bond acceptors (Lipinski definition) is 1. The first-order valence-corrected chi connectivity index (χ1v) is 4.25. The van der Waals surface area contributed by atoms with Gasteiger partial charge in [-0.25, -0.2) is 0 Å². The first-order chi connectivity index (χ1) is 5.55. The third-order valence-corrected chi connectivity index (χ3v) is 1.98. The summed E-state index contributed by atoms with van der Waals surface area (Å²) in [7, 11) is 0. The molecule has 0 saturated heterocycles. The Morgan fingerprint density at radius 1 is 1.42 bits per heavy atom. The van der Waals surface area contributed by atoms with E-state index in [1.54, 1.807) is 0 Å². The summed E-state index contributed by atoms with van der Waals surface area (Å²) < 4.78 is 0. The SMILES string of the molecule is CC(C)(C)c1cc[c]cc1CN. The van der Waals surface area contributed by atoms with Gasteiger partial charge in [-0.3, -0.25) is 0 Å². The molecule has 12 heavy (non-hydrogen) atoms. The molecule has 0 fully saturated rings. The quantitative estimate of drug-likeness (QED) is 0.673. The topological polar surface area (TPSA) is 26.0 Å². The van der Waals surface area contributed by atoms with Gasteiger partial charge in [-0.05, 0) is 28.7 Å². The lowest BCUT2D eigenvalue weighted by atomic mass is 9.84. The summed E-state index contributed by atoms with van der Waals surface area (Å²) >= 11 is 0. The molecular weight excluding hydrogens is 146 g/mol. The molecule has 0 aliphatic carbocycles. The van der Waals surface area contributed by atoms with E-state index in [1.807, 2.05) is 12.1 Å². The van der Waals surface area contributed by atoms with E-state index in [4.69, 9.17) is 5.73 Å². The third-order valence-electron chi connectivity index (χ3n) is 1.98. The lowest BCUT2D eigenvalue weighted by Crippen LogP contribution is -2.15. The van der Waals surface area contributed by atoms with Gasteiger partial charge in [0.25, 0.3) is 0 Å². The highest BCUT2D eigenvalue weighted by atomic mass is 14.5. The fraction of sp³-hybridized carbons (Fsp3) is 0.455. The molecule has 0 heterocycles. The van der Waals surface area contributed by atoms with E-state index in [0.29, 0.717) is 6.54 Å². The number of rotatable bonds is 1. The van der Waals surface area contributed by atoms with Gasteiger partial charge in [0.1, 0.15) is 0 Å². The van der Waals surface area contributed by atoms with Crippen LogP contribution < -0.4 is 5.73 Å². The molecule has 1 aromatic carbocycles. The Bertz CT molecular complexity index is 258. The minimum atomic E-state index is 0.184. The van der Waals surface area contributed by atoms with Crippen molar-refractivity contribution >= 4 is 0 Å². The van der Waals surface area contributed by atoms with E-state index >= 15 is 0 Å². The van der Waals surface area contributed by atoms with Gasteiger partial charge in [0.05, 0.1) is 0 Å². The summed E-state index contributed by atoms with van der Waals surface area (Å²) in [5.41, 5.74) is 8.33. The molecule has 0 spiro atoms. The molecule has 0 aliphatic rings. The zero-order valence-electron chi connectivity index (χ0n) is 8.02. The maximum atomic E-state index is 5.63. The minimum Gasteiger partial charge on any atom is -0.326 e. The fourth-order valence-electron chi connectivity index (χ4n) is 1.37. The second-order valence-corrected chi connectivity index (χ2v) is 4.04. The van der Waals surface area contributed by atoms with Gasteiger partial charge in [0, 0.05) is 6.54 Å². The second kappa shape index (κ2) is 3.28. The van der Waals surface area contributed by atoms with Crippen molar-refractivity contribution in [2.75, 3.05) is 0 Å². The van der Waals surface area contributed by atoms with Crippen LogP contribution in [0.15, 0.2) is 18.2 Å². The molecule has 0 unspecified atom stereocenters. The maximum absolute atomic E-state index is 5.63. The van der Waals surface area contributed by atoms with Gasteiger partial charge in [0.15, 0.2) is 0 Å². The summed E-state index contributed by atoms with van der Waals surface area (Å²) in [6, 6.07) is 9.06. The maximum Gasteiger partial charge on any atom is 0.0181 e. The average Bonchev–Trinajstić information content (AvgIpc) is 2.03. The molecule has 1 heteroatoms. The number of hydrogen-bond donors (Lipinski definition) is 1. The van der Waals surface area contributed by atoms with Crippen LogP contribution in [-0.4, -0.2) is 0 Å². The van der Waals surface area contributed by atoms with Gasteiger partial charge in [-0.1, -0.05) is 32.9 Å². The Morgan fingerprint density at radius 2 is 2.08 bits per heavy atom. The molecule has 2 N–H and O–H groups in total. The molecule has 0 aromatic heterocycles. The molecular formula is C11H16N. The predicted molar refractivity (Wildman–Crippen MR) is 51.9 cm³/mol. The molecule has 1 radical (unpaired) electrons. The lowest BCUT2D eigenvalue weighted by Gasteiger charge is -2.21. The fourth-order valence-corrected chi connectivity index (χ4v) is 1.37. The predicted octanol–water partition coefficient (Wildman–Crippen LogP) is 2.24. The monoisotopic (exact) mass is 162 g/mol. The summed E-state index contributed by atoms with van der Waals surface area (Å²) in [5, 5.41) is 0. The van der Waals surface area contributed by atoms with E-state index in [9.17, 15) is 0 Å². The Balaban J connectivity index is 3.14. The molecule has 65 valence electrons. The molecule has 0 bridgehead atoms. The third kappa shape index (κ3) is 1.86. The number of nitrogens with two attached hydrogens (primary N) is 1. The Labute approximate surface area is 74.6 Å². The van der Waals surface area contributed by atoms with Crippen LogP contribution >= 0.6 is 0 Å². The number of benzene rings is 1. The zero-order chi connectivity index (χ0) is 9.19. The van der Waals surface area contributed by atoms with Crippen molar-refractivity contribution < 1.29 is 0 Å². The average molecular weight is 162 g/mol. The first-order valence-electron chi connectivity index (χ1n) is 4.25. The van der Waals surface area contributed by atoms with Gasteiger partial charge >= 0.3 is 0 Å². The molecule has 0 aliphatic heterocycles. The van der Waals surface area contributed by atoms with E-state index in [0.717, 1.165) is 0 Å². The van der Waals surface area contributed by atoms with Gasteiger partial charge in [-0.15, -0.1) is 0 Å². The van der Waals surface area contributed by atoms with Crippen LogP contribution in [0.4, 0.5) is 0 Å². The van der Waals surface area contributed by atoms with Crippen molar-refractivity contribution in [3.8, 4) is 0 Å². The van der Waals surface area contributed by atoms with E-state index in [2.05, 4.69) is 32.9 Å². The van der Waals surface area contributed by atoms with E-state index in [1.165, 1.54) is 11.1 Å². The largest absolute Gasteiger partial charge is 0.326 e. The van der Waals surface area contributed by atoms with E-state index < -0.39 is 0 Å². The van der Waals surface area contributed by atoms with Crippen LogP contribution in [0.1, 0.15) is 31.9 Å². The van der Waals surface area contributed by atoms with Crippen LogP contribution in [0.2, 0.25) is 0 Å². The van der Waals surface area contributed by atoms with Crippen LogP contribution in [0.5, 0.6) is 0 Å². The Hall–Kier alpha value is -0.820. The summed E-state index contributed by atoms with van der Waals surface area (Å²) in [6.07, 6.45) is 0. The summed E-state index contributed by atoms with van der Waals surface area (Å²) in [4.78, 5) is 0. The van der Waals surface area contributed by atoms with Gasteiger partial charge < -0.3 is 5.73 Å². The molecule has 0 amide bonds. The van der Waals surface area contributed by atoms with Crippen molar-refractivity contribution in [3.63, 3.8) is 0 Å². The molecule has 0 saturated carbocycles. The second-order valence-electron chi connectivity index (χ2n) is 4.04. The van der Waals surface area contributed by atoms with Gasteiger partial charge in [-0.2, -0.15) is 0 Å². The first kappa shape index (κ1) is 9.27. The van der Waals surface area contributed by atoms with Crippen molar-refractivity contribution in [1.29, 1.82) is 0 Å². The van der Waals surface area contributed by atoms with Crippen molar-refractivity contribution in [3.05, 3.63) is 35.4 Å². The zero-order valence-corrected chi connectivity index (χ0v) is 8.02. The smallest absolute Gasteiger partial charge is 0.0181 e. The highest BCUT2D eigenvalue weighted by Crippen LogP contribution is 2.24. The van der Waals surface area contributed by atoms with Gasteiger partial charge in [0.2, 0.25) is 0 Å². The van der Waals surface area contributed by atoms with E-state index in [-0.39, 0.29) is 5.41 Å². The highest BCUT2D eigenvalue weighted by molar-refractivity contribution is 5.31. The van der Waals surface area contributed by atoms with Crippen LogP contribution in [-0.2, 0) is 12.0 Å². The standard InChI is InChI=1S/C11H16N/c1-11(2,3)10-7-5-4-6-9(10)8-12/h5-7H,8,12H2,1-3H3. The molecule has 1 rings (SSSR count). The highest BCUT2D eigenvalue weighted by Gasteiger charge is 2.15. The van der Waals surface area contributed by atoms with Crippen molar-refractivity contribution in [2.24, 2.45) is 5.73 Å². The molecule has 1 nitrogen and oxygen atoms in total. The Morgan fingerprint density at radius 3 is 2.50 bits per heavy atom. The van der Waals surface area contributed by atoms with Crippen molar-refractivity contribution in [1.82, 2.24) is 0 Å². The van der Waals surface area contributed by atoms with Crippen molar-refractivity contribution in [2.45, 2.75) is 32.7 Å². The Kier molecular flexibility index (Phi) is 2.53.